The molecule has 4 heteroatoms. The van der Waals surface area contributed by atoms with Gasteiger partial charge in [-0.1, -0.05) is 62.2 Å². The molecule has 31 heavy (non-hydrogen) atoms. The van der Waals surface area contributed by atoms with Crippen LogP contribution in [0.1, 0.15) is 59.3 Å². The van der Waals surface area contributed by atoms with Gasteiger partial charge in [-0.3, -0.25) is 0 Å². The van der Waals surface area contributed by atoms with Crippen LogP contribution >= 0.6 is 0 Å². The monoisotopic (exact) mass is 418 g/mol. The molecule has 0 fully saturated rings. The van der Waals surface area contributed by atoms with Gasteiger partial charge in [-0.15, -0.1) is 0 Å². The predicted molar refractivity (Wildman–Crippen MR) is 124 cm³/mol. The minimum atomic E-state index is -0.928. The average molecular weight is 419 g/mol. The fraction of sp³-hybridized carbons (Fsp3) is 0.296. The summed E-state index contributed by atoms with van der Waals surface area (Å²) in [5.74, 6) is -0.113. The first-order chi connectivity index (χ1) is 15.0. The van der Waals surface area contributed by atoms with Crippen molar-refractivity contribution in [3.8, 4) is 16.9 Å². The lowest BCUT2D eigenvalue weighted by atomic mass is 9.94. The van der Waals surface area contributed by atoms with Crippen molar-refractivity contribution >= 4 is 5.97 Å². The molecule has 0 amide bonds. The van der Waals surface area contributed by atoms with Crippen LogP contribution in [0.25, 0.3) is 11.1 Å². The molecule has 162 valence electrons. The average Bonchev–Trinajstić information content (AvgIpc) is 2.79. The normalized spacial score (nSPS) is 11.8. The van der Waals surface area contributed by atoms with E-state index in [0.29, 0.717) is 12.2 Å². The van der Waals surface area contributed by atoms with Gasteiger partial charge in [0.05, 0.1) is 25.4 Å². The van der Waals surface area contributed by atoms with Gasteiger partial charge in [-0.2, -0.15) is 0 Å². The van der Waals surface area contributed by atoms with Gasteiger partial charge in [-0.05, 0) is 65.4 Å². The molecule has 1 atom stereocenters. The van der Waals surface area contributed by atoms with E-state index in [2.05, 4.69) is 13.0 Å². The smallest absolute Gasteiger partial charge is 0.336 e. The van der Waals surface area contributed by atoms with Crippen molar-refractivity contribution in [2.75, 3.05) is 7.11 Å². The summed E-state index contributed by atoms with van der Waals surface area (Å²) in [6, 6.07) is 21.3. The number of aromatic carboxylic acids is 1. The van der Waals surface area contributed by atoms with E-state index in [9.17, 15) is 9.90 Å². The molecule has 0 aliphatic carbocycles. The Kier molecular flexibility index (Phi) is 7.85. The second-order valence-corrected chi connectivity index (χ2v) is 7.72. The highest BCUT2D eigenvalue weighted by molar-refractivity contribution is 5.96. The summed E-state index contributed by atoms with van der Waals surface area (Å²) in [7, 11) is 1.66. The van der Waals surface area contributed by atoms with Crippen molar-refractivity contribution < 1.29 is 19.4 Å². The molecule has 0 saturated heterocycles. The first-order valence-corrected chi connectivity index (χ1v) is 10.7. The van der Waals surface area contributed by atoms with Gasteiger partial charge in [0.25, 0.3) is 0 Å². The lowest BCUT2D eigenvalue weighted by Gasteiger charge is -2.20. The number of carbonyl (C=O) groups is 1. The molecule has 0 aliphatic heterocycles. The van der Waals surface area contributed by atoms with E-state index >= 15 is 0 Å². The maximum atomic E-state index is 11.8. The molecule has 1 unspecified atom stereocenters. The highest BCUT2D eigenvalue weighted by Crippen LogP contribution is 2.31. The lowest BCUT2D eigenvalue weighted by Crippen LogP contribution is -2.06. The molecule has 3 aromatic rings. The van der Waals surface area contributed by atoms with E-state index in [4.69, 9.17) is 9.47 Å². The van der Waals surface area contributed by atoms with Gasteiger partial charge in [0.1, 0.15) is 5.75 Å². The maximum Gasteiger partial charge on any atom is 0.336 e. The van der Waals surface area contributed by atoms with Crippen molar-refractivity contribution in [1.82, 2.24) is 0 Å². The van der Waals surface area contributed by atoms with Crippen LogP contribution in [-0.2, 0) is 11.3 Å². The fourth-order valence-corrected chi connectivity index (χ4v) is 3.74. The van der Waals surface area contributed by atoms with Crippen molar-refractivity contribution in [1.29, 1.82) is 0 Å². The number of methoxy groups -OCH3 is 1. The van der Waals surface area contributed by atoms with E-state index in [1.165, 1.54) is 0 Å². The third-order valence-corrected chi connectivity index (χ3v) is 5.49. The van der Waals surface area contributed by atoms with Crippen LogP contribution in [0.4, 0.5) is 0 Å². The summed E-state index contributed by atoms with van der Waals surface area (Å²) >= 11 is 0. The Hall–Kier alpha value is -3.11. The van der Waals surface area contributed by atoms with Gasteiger partial charge >= 0.3 is 5.97 Å². The number of benzene rings is 3. The minimum Gasteiger partial charge on any atom is -0.497 e. The summed E-state index contributed by atoms with van der Waals surface area (Å²) in [5.41, 5.74) is 5.03. The van der Waals surface area contributed by atoms with Crippen LogP contribution in [0.15, 0.2) is 66.7 Å². The van der Waals surface area contributed by atoms with Crippen LogP contribution in [-0.4, -0.2) is 18.2 Å². The molecule has 0 saturated carbocycles. The van der Waals surface area contributed by atoms with Gasteiger partial charge < -0.3 is 14.6 Å². The van der Waals surface area contributed by atoms with E-state index in [-0.39, 0.29) is 6.10 Å². The van der Waals surface area contributed by atoms with Crippen molar-refractivity contribution in [3.63, 3.8) is 0 Å². The van der Waals surface area contributed by atoms with Crippen molar-refractivity contribution in [2.24, 2.45) is 0 Å². The fourth-order valence-electron chi connectivity index (χ4n) is 3.74. The standard InChI is InChI=1S/C27H30O4/c1-4-5-13-26(21-10-8-11-22(17-21)30-3)31-18-20-14-15-24(27(28)29)25(16-20)23-12-7-6-9-19(23)2/h6-12,14-17,26H,4-5,13,18H2,1-3H3,(H,28,29). The molecule has 0 spiro atoms. The number of ether oxygens (including phenoxy) is 2. The SMILES string of the molecule is CCCCC(OCc1ccc(C(=O)O)c(-c2ccccc2C)c1)c1cccc(OC)c1. The van der Waals surface area contributed by atoms with Crippen LogP contribution in [0.5, 0.6) is 5.75 Å². The summed E-state index contributed by atoms with van der Waals surface area (Å²) in [6.45, 7) is 4.57. The van der Waals surface area contributed by atoms with Crippen molar-refractivity contribution in [2.45, 2.75) is 45.8 Å². The van der Waals surface area contributed by atoms with Crippen LogP contribution in [0.3, 0.4) is 0 Å². The Morgan fingerprint density at radius 2 is 1.81 bits per heavy atom. The lowest BCUT2D eigenvalue weighted by molar-refractivity contribution is 0.0323. The molecule has 0 radical (unpaired) electrons. The van der Waals surface area contributed by atoms with E-state index in [1.807, 2.05) is 61.5 Å². The topological polar surface area (TPSA) is 55.8 Å². The number of rotatable bonds is 10. The maximum absolute atomic E-state index is 11.8. The Morgan fingerprint density at radius 1 is 1.00 bits per heavy atom. The number of carboxylic acids is 1. The van der Waals surface area contributed by atoms with E-state index < -0.39 is 5.97 Å². The minimum absolute atomic E-state index is 0.0453. The van der Waals surface area contributed by atoms with Crippen molar-refractivity contribution in [3.05, 3.63) is 89.0 Å². The molecule has 0 heterocycles. The second kappa shape index (κ2) is 10.8. The highest BCUT2D eigenvalue weighted by atomic mass is 16.5. The van der Waals surface area contributed by atoms with E-state index in [0.717, 1.165) is 52.8 Å². The Labute approximate surface area is 184 Å². The first kappa shape index (κ1) is 22.6. The van der Waals surface area contributed by atoms with Crippen LogP contribution < -0.4 is 4.74 Å². The van der Waals surface area contributed by atoms with Gasteiger partial charge in [0.15, 0.2) is 0 Å². The first-order valence-electron chi connectivity index (χ1n) is 10.7. The molecule has 0 aliphatic rings. The third-order valence-electron chi connectivity index (χ3n) is 5.49. The molecule has 3 aromatic carbocycles. The Balaban J connectivity index is 1.87. The number of hydrogen-bond donors (Lipinski definition) is 1. The zero-order valence-corrected chi connectivity index (χ0v) is 18.4. The van der Waals surface area contributed by atoms with Gasteiger partial charge in [-0.25, -0.2) is 4.79 Å². The molecule has 4 nitrogen and oxygen atoms in total. The molecule has 3 rings (SSSR count). The molecule has 0 aromatic heterocycles. The third kappa shape index (κ3) is 5.74. The summed E-state index contributed by atoms with van der Waals surface area (Å²) < 4.78 is 11.7. The Morgan fingerprint density at radius 3 is 2.52 bits per heavy atom. The Bertz CT molecular complexity index is 1030. The summed E-state index contributed by atoms with van der Waals surface area (Å²) in [6.07, 6.45) is 3.03. The van der Waals surface area contributed by atoms with Gasteiger partial charge in [0.2, 0.25) is 0 Å². The summed E-state index contributed by atoms with van der Waals surface area (Å²) in [4.78, 5) is 11.8. The number of hydrogen-bond acceptors (Lipinski definition) is 3. The van der Waals surface area contributed by atoms with Crippen LogP contribution in [0, 0.1) is 6.92 Å². The number of aryl methyl sites for hydroxylation is 1. The predicted octanol–water partition coefficient (Wildman–Crippen LogP) is 6.82. The second-order valence-electron chi connectivity index (χ2n) is 7.72. The number of carboxylic acid groups (broad SMARTS) is 1. The zero-order valence-electron chi connectivity index (χ0n) is 18.4. The number of unbranched alkanes of at least 4 members (excludes halogenated alkanes) is 1. The highest BCUT2D eigenvalue weighted by Gasteiger charge is 2.16. The van der Waals surface area contributed by atoms with Crippen LogP contribution in [0.2, 0.25) is 0 Å². The molecular weight excluding hydrogens is 388 g/mol. The largest absolute Gasteiger partial charge is 0.497 e. The molecular formula is C27H30O4. The zero-order chi connectivity index (χ0) is 22.2. The molecule has 1 N–H and O–H groups in total. The quantitative estimate of drug-likeness (QED) is 0.393. The van der Waals surface area contributed by atoms with Gasteiger partial charge in [0, 0.05) is 0 Å². The molecule has 0 bridgehead atoms. The summed E-state index contributed by atoms with van der Waals surface area (Å²) in [5, 5.41) is 9.68. The van der Waals surface area contributed by atoms with E-state index in [1.54, 1.807) is 13.2 Å².